The minimum absolute atomic E-state index is 0.111. The number of carbonyl (C=O) groups excluding carboxylic acids is 1. The van der Waals surface area contributed by atoms with Crippen LogP contribution in [0.15, 0.2) is 36.5 Å². The summed E-state index contributed by atoms with van der Waals surface area (Å²) in [6.07, 6.45) is 1.74. The van der Waals surface area contributed by atoms with Gasteiger partial charge in [0.15, 0.2) is 11.4 Å². The maximum Gasteiger partial charge on any atom is 0.335 e. The molecule has 1 amide bonds. The average Bonchev–Trinajstić information content (AvgIpc) is 2.94. The molecule has 134 valence electrons. The third-order valence-electron chi connectivity index (χ3n) is 4.04. The Morgan fingerprint density at radius 1 is 1.27 bits per heavy atom. The highest BCUT2D eigenvalue weighted by Crippen LogP contribution is 2.24. The number of hydrogen-bond donors (Lipinski definition) is 2. The Bertz CT molecular complexity index is 1010. The molecular weight excluding hydrogens is 334 g/mol. The number of nitrogens with one attached hydrogen (secondary N) is 1. The van der Waals surface area contributed by atoms with Gasteiger partial charge in [-0.05, 0) is 50.6 Å². The summed E-state index contributed by atoms with van der Waals surface area (Å²) < 4.78 is 7.24. The molecule has 0 saturated heterocycles. The maximum absolute atomic E-state index is 12.9. The van der Waals surface area contributed by atoms with Gasteiger partial charge in [-0.25, -0.2) is 9.78 Å². The molecule has 7 nitrogen and oxygen atoms in total. The summed E-state index contributed by atoms with van der Waals surface area (Å²) in [5.41, 5.74) is 2.82. The number of carboxylic acid groups (broad SMARTS) is 1. The van der Waals surface area contributed by atoms with Crippen LogP contribution in [0.2, 0.25) is 0 Å². The van der Waals surface area contributed by atoms with E-state index in [1.54, 1.807) is 42.6 Å². The first-order valence-corrected chi connectivity index (χ1v) is 8.18. The average molecular weight is 353 g/mol. The molecule has 3 rings (SSSR count). The highest BCUT2D eigenvalue weighted by molar-refractivity contribution is 6.05. The van der Waals surface area contributed by atoms with E-state index in [9.17, 15) is 9.59 Å². The number of amides is 1. The summed E-state index contributed by atoms with van der Waals surface area (Å²) >= 11 is 0. The van der Waals surface area contributed by atoms with Crippen molar-refractivity contribution in [3.8, 4) is 5.75 Å². The second-order valence-electron chi connectivity index (χ2n) is 5.83. The summed E-state index contributed by atoms with van der Waals surface area (Å²) in [6, 6.07) is 8.19. The van der Waals surface area contributed by atoms with Crippen LogP contribution in [0.5, 0.6) is 5.75 Å². The van der Waals surface area contributed by atoms with Gasteiger partial charge in [0.05, 0.1) is 17.9 Å². The van der Waals surface area contributed by atoms with Crippen LogP contribution in [-0.2, 0) is 0 Å². The number of imidazole rings is 1. The van der Waals surface area contributed by atoms with E-state index >= 15 is 0 Å². The Balaban J connectivity index is 2.01. The number of fused-ring (bicyclic) bond motifs is 1. The number of rotatable bonds is 5. The Hall–Kier alpha value is -3.35. The van der Waals surface area contributed by atoms with Gasteiger partial charge in [-0.3, -0.25) is 9.20 Å². The highest BCUT2D eigenvalue weighted by atomic mass is 16.5. The molecule has 2 N–H and O–H groups in total. The Labute approximate surface area is 150 Å². The van der Waals surface area contributed by atoms with E-state index in [-0.39, 0.29) is 11.5 Å². The number of benzene rings is 1. The van der Waals surface area contributed by atoms with Crippen LogP contribution in [0.1, 0.15) is 39.0 Å². The predicted octanol–water partition coefficient (Wildman–Crippen LogP) is 3.30. The molecule has 0 aliphatic rings. The standard InChI is InChI=1S/C19H19N3O4/c1-4-26-15-6-5-9-22-16(12(3)20-17(15)22)18(23)21-14-10-13(19(24)25)8-7-11(14)2/h5-10H,4H2,1-3H3,(H,21,23)(H,24,25). The number of nitrogens with zero attached hydrogens (tertiary/aromatic N) is 2. The molecule has 3 aromatic rings. The predicted molar refractivity (Wildman–Crippen MR) is 97.2 cm³/mol. The SMILES string of the molecule is CCOc1cccn2c(C(=O)Nc3cc(C(=O)O)ccc3C)c(C)nc12. The topological polar surface area (TPSA) is 92.9 Å². The smallest absolute Gasteiger partial charge is 0.335 e. The van der Waals surface area contributed by atoms with Crippen LogP contribution in [0.25, 0.3) is 5.65 Å². The van der Waals surface area contributed by atoms with Gasteiger partial charge in [0, 0.05) is 11.9 Å². The minimum Gasteiger partial charge on any atom is -0.490 e. The van der Waals surface area contributed by atoms with Gasteiger partial charge in [-0.15, -0.1) is 0 Å². The van der Waals surface area contributed by atoms with Crippen LogP contribution in [0, 0.1) is 13.8 Å². The van der Waals surface area contributed by atoms with Gasteiger partial charge in [0.1, 0.15) is 5.69 Å². The van der Waals surface area contributed by atoms with Crippen molar-refractivity contribution >= 4 is 23.2 Å². The second-order valence-corrected chi connectivity index (χ2v) is 5.83. The molecule has 0 fully saturated rings. The van der Waals surface area contributed by atoms with Gasteiger partial charge in [0.2, 0.25) is 0 Å². The fourth-order valence-electron chi connectivity index (χ4n) is 2.77. The monoisotopic (exact) mass is 353 g/mol. The van der Waals surface area contributed by atoms with Gasteiger partial charge in [0.25, 0.3) is 5.91 Å². The largest absolute Gasteiger partial charge is 0.490 e. The van der Waals surface area contributed by atoms with Crippen molar-refractivity contribution in [1.82, 2.24) is 9.38 Å². The molecule has 2 aromatic heterocycles. The van der Waals surface area contributed by atoms with Crippen LogP contribution >= 0.6 is 0 Å². The lowest BCUT2D eigenvalue weighted by molar-refractivity contribution is 0.0696. The summed E-state index contributed by atoms with van der Waals surface area (Å²) in [5, 5.41) is 11.9. The van der Waals surface area contributed by atoms with Crippen molar-refractivity contribution in [1.29, 1.82) is 0 Å². The molecule has 26 heavy (non-hydrogen) atoms. The molecule has 0 spiro atoms. The number of aromatic nitrogens is 2. The molecule has 0 saturated carbocycles. The second kappa shape index (κ2) is 6.87. The number of carboxylic acids is 1. The van der Waals surface area contributed by atoms with E-state index in [1.165, 1.54) is 12.1 Å². The molecule has 0 atom stereocenters. The number of hydrogen-bond acceptors (Lipinski definition) is 4. The number of aryl methyl sites for hydroxylation is 2. The first-order valence-electron chi connectivity index (χ1n) is 8.18. The minimum atomic E-state index is -1.05. The fraction of sp³-hybridized carbons (Fsp3) is 0.211. The lowest BCUT2D eigenvalue weighted by Crippen LogP contribution is -2.16. The third kappa shape index (κ3) is 3.11. The number of aromatic carboxylic acids is 1. The zero-order valence-corrected chi connectivity index (χ0v) is 14.7. The van der Waals surface area contributed by atoms with Crippen molar-refractivity contribution in [3.63, 3.8) is 0 Å². The number of pyridine rings is 1. The Kier molecular flexibility index (Phi) is 4.62. The van der Waals surface area contributed by atoms with Crippen molar-refractivity contribution in [3.05, 3.63) is 59.0 Å². The molecule has 0 aliphatic heterocycles. The van der Waals surface area contributed by atoms with Gasteiger partial charge < -0.3 is 15.2 Å². The summed E-state index contributed by atoms with van der Waals surface area (Å²) in [4.78, 5) is 28.5. The van der Waals surface area contributed by atoms with Gasteiger partial charge >= 0.3 is 5.97 Å². The zero-order valence-electron chi connectivity index (χ0n) is 14.7. The molecular formula is C19H19N3O4. The normalized spacial score (nSPS) is 10.7. The van der Waals surface area contributed by atoms with E-state index < -0.39 is 5.97 Å². The molecule has 0 aliphatic carbocycles. The lowest BCUT2D eigenvalue weighted by atomic mass is 10.1. The molecule has 0 unspecified atom stereocenters. The van der Waals surface area contributed by atoms with Gasteiger partial charge in [-0.1, -0.05) is 6.07 Å². The third-order valence-corrected chi connectivity index (χ3v) is 4.04. The summed E-state index contributed by atoms with van der Waals surface area (Å²) in [5.74, 6) is -0.816. The molecule has 0 bridgehead atoms. The van der Waals surface area contributed by atoms with E-state index in [4.69, 9.17) is 9.84 Å². The fourth-order valence-corrected chi connectivity index (χ4v) is 2.77. The van der Waals surface area contributed by atoms with Crippen molar-refractivity contribution in [2.24, 2.45) is 0 Å². The van der Waals surface area contributed by atoms with E-state index in [0.29, 0.717) is 35.1 Å². The quantitative estimate of drug-likeness (QED) is 0.734. The van der Waals surface area contributed by atoms with E-state index in [1.807, 2.05) is 6.92 Å². The van der Waals surface area contributed by atoms with Crippen LogP contribution in [-0.4, -0.2) is 33.0 Å². The summed E-state index contributed by atoms with van der Waals surface area (Å²) in [6.45, 7) is 5.92. The van der Waals surface area contributed by atoms with Gasteiger partial charge in [-0.2, -0.15) is 0 Å². The lowest BCUT2D eigenvalue weighted by Gasteiger charge is -2.10. The van der Waals surface area contributed by atoms with Crippen LogP contribution in [0.3, 0.4) is 0 Å². The van der Waals surface area contributed by atoms with Crippen molar-refractivity contribution in [2.45, 2.75) is 20.8 Å². The maximum atomic E-state index is 12.9. The van der Waals surface area contributed by atoms with E-state index in [0.717, 1.165) is 5.56 Å². The van der Waals surface area contributed by atoms with E-state index in [2.05, 4.69) is 10.3 Å². The molecule has 0 radical (unpaired) electrons. The number of anilines is 1. The number of ether oxygens (including phenoxy) is 1. The Morgan fingerprint density at radius 3 is 2.73 bits per heavy atom. The van der Waals surface area contributed by atoms with Crippen LogP contribution < -0.4 is 10.1 Å². The number of carbonyl (C=O) groups is 2. The first kappa shape index (κ1) is 17.5. The van der Waals surface area contributed by atoms with Crippen molar-refractivity contribution in [2.75, 3.05) is 11.9 Å². The highest BCUT2D eigenvalue weighted by Gasteiger charge is 2.20. The molecule has 7 heteroatoms. The summed E-state index contributed by atoms with van der Waals surface area (Å²) in [7, 11) is 0. The zero-order chi connectivity index (χ0) is 18.8. The molecule has 1 aromatic carbocycles. The Morgan fingerprint density at radius 2 is 2.04 bits per heavy atom. The van der Waals surface area contributed by atoms with Crippen molar-refractivity contribution < 1.29 is 19.4 Å². The first-order chi connectivity index (χ1) is 12.4. The van der Waals surface area contributed by atoms with Crippen LogP contribution in [0.4, 0.5) is 5.69 Å². The molecule has 2 heterocycles.